The van der Waals surface area contributed by atoms with Crippen LogP contribution in [-0.2, 0) is 23.0 Å². The van der Waals surface area contributed by atoms with E-state index in [0.717, 1.165) is 43.8 Å². The van der Waals surface area contributed by atoms with Crippen LogP contribution in [-0.4, -0.2) is 61.1 Å². The Hall–Kier alpha value is -1.68. The van der Waals surface area contributed by atoms with E-state index < -0.39 is 10.0 Å². The highest BCUT2D eigenvalue weighted by Gasteiger charge is 2.14. The second-order valence-corrected chi connectivity index (χ2v) is 8.43. The molecule has 26 heavy (non-hydrogen) atoms. The number of hydrogen-bond acceptors (Lipinski definition) is 5. The van der Waals surface area contributed by atoms with Gasteiger partial charge in [0.05, 0.1) is 12.8 Å². The molecule has 3 N–H and O–H groups in total. The minimum atomic E-state index is -3.18. The van der Waals surface area contributed by atoms with Crippen LogP contribution in [0.1, 0.15) is 44.9 Å². The molecule has 1 aromatic rings. The lowest BCUT2D eigenvalue weighted by Gasteiger charge is -2.25. The van der Waals surface area contributed by atoms with Gasteiger partial charge >= 0.3 is 0 Å². The van der Waals surface area contributed by atoms with E-state index in [-0.39, 0.29) is 0 Å². The summed E-state index contributed by atoms with van der Waals surface area (Å²) < 4.78 is 26.8. The number of aromatic nitrogens is 3. The monoisotopic (exact) mass is 385 g/mol. The van der Waals surface area contributed by atoms with Crippen molar-refractivity contribution < 1.29 is 8.42 Å². The van der Waals surface area contributed by atoms with Gasteiger partial charge in [0.15, 0.2) is 5.96 Å². The molecule has 1 aliphatic rings. The Morgan fingerprint density at radius 2 is 2.08 bits per heavy atom. The Morgan fingerprint density at radius 1 is 1.31 bits per heavy atom. The SMILES string of the molecule is CCc1nncn1CCNC(=NCCNS(C)(=O)=O)NC1CCCCC1. The number of hydrogen-bond donors (Lipinski definition) is 3. The molecule has 148 valence electrons. The molecule has 1 aromatic heterocycles. The van der Waals surface area contributed by atoms with Gasteiger partial charge in [-0.2, -0.15) is 0 Å². The third-order valence-corrected chi connectivity index (χ3v) is 5.08. The average Bonchev–Trinajstić information content (AvgIpc) is 3.06. The van der Waals surface area contributed by atoms with Crippen molar-refractivity contribution in [1.82, 2.24) is 30.1 Å². The molecule has 1 saturated carbocycles. The molecule has 0 radical (unpaired) electrons. The van der Waals surface area contributed by atoms with Gasteiger partial charge in [-0.15, -0.1) is 10.2 Å². The summed E-state index contributed by atoms with van der Waals surface area (Å²) >= 11 is 0. The maximum Gasteiger partial charge on any atom is 0.208 e. The van der Waals surface area contributed by atoms with E-state index in [2.05, 4.69) is 37.5 Å². The molecule has 0 amide bonds. The van der Waals surface area contributed by atoms with Crippen LogP contribution in [0.5, 0.6) is 0 Å². The van der Waals surface area contributed by atoms with Crippen molar-refractivity contribution in [3.63, 3.8) is 0 Å². The van der Waals surface area contributed by atoms with Gasteiger partial charge in [-0.05, 0) is 12.8 Å². The fourth-order valence-corrected chi connectivity index (χ4v) is 3.49. The lowest BCUT2D eigenvalue weighted by Crippen LogP contribution is -2.45. The zero-order valence-corrected chi connectivity index (χ0v) is 16.6. The molecule has 1 aliphatic carbocycles. The van der Waals surface area contributed by atoms with Crippen LogP contribution >= 0.6 is 0 Å². The Bertz CT molecular complexity index is 666. The molecule has 0 unspecified atom stereocenters. The number of guanidine groups is 1. The van der Waals surface area contributed by atoms with Crippen LogP contribution in [0.3, 0.4) is 0 Å². The molecule has 0 aliphatic heterocycles. The van der Waals surface area contributed by atoms with E-state index in [4.69, 9.17) is 0 Å². The maximum atomic E-state index is 11.2. The molecular weight excluding hydrogens is 354 g/mol. The highest BCUT2D eigenvalue weighted by atomic mass is 32.2. The minimum absolute atomic E-state index is 0.293. The van der Waals surface area contributed by atoms with Gasteiger partial charge in [-0.1, -0.05) is 26.2 Å². The second kappa shape index (κ2) is 10.5. The Balaban J connectivity index is 1.86. The summed E-state index contributed by atoms with van der Waals surface area (Å²) in [5.41, 5.74) is 0. The third kappa shape index (κ3) is 7.69. The normalized spacial score (nSPS) is 16.6. The summed E-state index contributed by atoms with van der Waals surface area (Å²) in [5.74, 6) is 1.70. The smallest absolute Gasteiger partial charge is 0.208 e. The van der Waals surface area contributed by atoms with Crippen molar-refractivity contribution in [1.29, 1.82) is 0 Å². The van der Waals surface area contributed by atoms with Crippen LogP contribution in [0, 0.1) is 0 Å². The molecule has 9 nitrogen and oxygen atoms in total. The second-order valence-electron chi connectivity index (χ2n) is 6.60. The van der Waals surface area contributed by atoms with Crippen molar-refractivity contribution in [3.05, 3.63) is 12.2 Å². The summed E-state index contributed by atoms with van der Waals surface area (Å²) in [4.78, 5) is 4.51. The first-order valence-corrected chi connectivity index (χ1v) is 11.2. The quantitative estimate of drug-likeness (QED) is 0.319. The van der Waals surface area contributed by atoms with Crippen LogP contribution < -0.4 is 15.4 Å². The van der Waals surface area contributed by atoms with E-state index >= 15 is 0 Å². The summed E-state index contributed by atoms with van der Waals surface area (Å²) in [7, 11) is -3.18. The number of nitrogens with zero attached hydrogens (tertiary/aromatic N) is 4. The standard InChI is InChI=1S/C16H31N7O2S/c1-3-15-22-19-13-23(15)12-11-18-16(17-9-10-20-26(2,24)25)21-14-7-5-4-6-8-14/h13-14,20H,3-12H2,1-2H3,(H2,17,18,21). The number of nitrogens with one attached hydrogen (secondary N) is 3. The van der Waals surface area contributed by atoms with Gasteiger partial charge in [0, 0.05) is 32.1 Å². The Morgan fingerprint density at radius 3 is 2.77 bits per heavy atom. The fraction of sp³-hybridized carbons (Fsp3) is 0.812. The predicted molar refractivity (Wildman–Crippen MR) is 103 cm³/mol. The fourth-order valence-electron chi connectivity index (χ4n) is 3.03. The lowest BCUT2D eigenvalue weighted by atomic mass is 9.96. The van der Waals surface area contributed by atoms with E-state index in [9.17, 15) is 8.42 Å². The van der Waals surface area contributed by atoms with Gasteiger partial charge in [0.1, 0.15) is 12.2 Å². The first-order chi connectivity index (χ1) is 12.5. The molecule has 1 fully saturated rings. The number of aryl methyl sites for hydroxylation is 1. The predicted octanol–water partition coefficient (Wildman–Crippen LogP) is 0.258. The zero-order chi connectivity index (χ0) is 18.8. The molecule has 1 heterocycles. The maximum absolute atomic E-state index is 11.2. The zero-order valence-electron chi connectivity index (χ0n) is 15.7. The van der Waals surface area contributed by atoms with Crippen molar-refractivity contribution in [2.45, 2.75) is 58.0 Å². The highest BCUT2D eigenvalue weighted by Crippen LogP contribution is 2.17. The van der Waals surface area contributed by atoms with E-state index in [0.29, 0.717) is 25.7 Å². The van der Waals surface area contributed by atoms with E-state index in [1.807, 2.05) is 4.57 Å². The van der Waals surface area contributed by atoms with Gasteiger partial charge < -0.3 is 15.2 Å². The van der Waals surface area contributed by atoms with E-state index in [1.54, 1.807) is 6.33 Å². The van der Waals surface area contributed by atoms with Crippen molar-refractivity contribution >= 4 is 16.0 Å². The molecule has 0 aromatic carbocycles. The number of aliphatic imine (C=N–C) groups is 1. The summed E-state index contributed by atoms with van der Waals surface area (Å²) in [6.07, 6.45) is 9.80. The molecule has 0 atom stereocenters. The first-order valence-electron chi connectivity index (χ1n) is 9.34. The Kier molecular flexibility index (Phi) is 8.30. The van der Waals surface area contributed by atoms with Crippen molar-refractivity contribution in [2.75, 3.05) is 25.9 Å². The third-order valence-electron chi connectivity index (χ3n) is 4.35. The molecule has 0 bridgehead atoms. The highest BCUT2D eigenvalue weighted by molar-refractivity contribution is 7.88. The first kappa shape index (κ1) is 20.6. The van der Waals surface area contributed by atoms with Crippen molar-refractivity contribution in [2.24, 2.45) is 4.99 Å². The van der Waals surface area contributed by atoms with E-state index in [1.165, 1.54) is 19.3 Å². The largest absolute Gasteiger partial charge is 0.355 e. The topological polar surface area (TPSA) is 113 Å². The minimum Gasteiger partial charge on any atom is -0.355 e. The van der Waals surface area contributed by atoms with Crippen LogP contribution in [0.2, 0.25) is 0 Å². The van der Waals surface area contributed by atoms with Gasteiger partial charge in [-0.3, -0.25) is 4.99 Å². The van der Waals surface area contributed by atoms with Crippen LogP contribution in [0.25, 0.3) is 0 Å². The Labute approximate surface area is 156 Å². The summed E-state index contributed by atoms with van der Waals surface area (Å²) in [6, 6.07) is 0.430. The van der Waals surface area contributed by atoms with Gasteiger partial charge in [0.25, 0.3) is 0 Å². The molecule has 2 rings (SSSR count). The molecule has 0 saturated heterocycles. The van der Waals surface area contributed by atoms with Crippen LogP contribution in [0.4, 0.5) is 0 Å². The van der Waals surface area contributed by atoms with Crippen LogP contribution in [0.15, 0.2) is 11.3 Å². The number of sulfonamides is 1. The van der Waals surface area contributed by atoms with Crippen molar-refractivity contribution in [3.8, 4) is 0 Å². The number of rotatable bonds is 9. The van der Waals surface area contributed by atoms with Gasteiger partial charge in [0.2, 0.25) is 10.0 Å². The van der Waals surface area contributed by atoms with Gasteiger partial charge in [-0.25, -0.2) is 13.1 Å². The summed E-state index contributed by atoms with van der Waals surface area (Å²) in [5, 5.41) is 14.8. The molecule has 0 spiro atoms. The molecular formula is C16H31N7O2S. The average molecular weight is 386 g/mol. The molecule has 10 heteroatoms. The lowest BCUT2D eigenvalue weighted by molar-refractivity contribution is 0.409. The summed E-state index contributed by atoms with van der Waals surface area (Å²) in [6.45, 7) is 4.19.